The zero-order valence-electron chi connectivity index (χ0n) is 9.34. The second-order valence-corrected chi connectivity index (χ2v) is 3.60. The molecule has 0 aliphatic rings. The van der Waals surface area contributed by atoms with Gasteiger partial charge in [0.2, 0.25) is 5.88 Å². The molecule has 2 aromatic rings. The summed E-state index contributed by atoms with van der Waals surface area (Å²) in [6, 6.07) is 3.54. The quantitative estimate of drug-likeness (QED) is 0.842. The Hall–Kier alpha value is -2.04. The molecule has 2 rings (SSSR count). The van der Waals surface area contributed by atoms with Crippen LogP contribution in [0.3, 0.4) is 0 Å². The van der Waals surface area contributed by atoms with Crippen molar-refractivity contribution >= 4 is 5.69 Å². The zero-order valence-corrected chi connectivity index (χ0v) is 9.34. The van der Waals surface area contributed by atoms with Crippen LogP contribution in [0.25, 0.3) is 0 Å². The summed E-state index contributed by atoms with van der Waals surface area (Å²) in [5.74, 6) is 0.464. The number of aryl methyl sites for hydroxylation is 2. The van der Waals surface area contributed by atoms with Gasteiger partial charge in [0.25, 0.3) is 0 Å². The van der Waals surface area contributed by atoms with Crippen LogP contribution in [-0.2, 0) is 13.7 Å². The molecule has 0 radical (unpaired) electrons. The van der Waals surface area contributed by atoms with Crippen LogP contribution in [0.1, 0.15) is 11.3 Å². The van der Waals surface area contributed by atoms with Gasteiger partial charge in [0.05, 0.1) is 11.4 Å². The Morgan fingerprint density at radius 3 is 2.94 bits per heavy atom. The van der Waals surface area contributed by atoms with Crippen molar-refractivity contribution in [3.63, 3.8) is 0 Å². The van der Waals surface area contributed by atoms with E-state index in [0.717, 1.165) is 11.3 Å². The molecule has 16 heavy (non-hydrogen) atoms. The standard InChI is InChI=1S/C11H14N4O/c1-8-9(6-15(2)14-8)7-16-11-10(12)4-3-5-13-11/h3-6H,7,12H2,1-2H3. The largest absolute Gasteiger partial charge is 0.471 e. The summed E-state index contributed by atoms with van der Waals surface area (Å²) in [7, 11) is 1.88. The maximum atomic E-state index is 5.72. The van der Waals surface area contributed by atoms with Gasteiger partial charge < -0.3 is 10.5 Å². The van der Waals surface area contributed by atoms with Gasteiger partial charge in [-0.05, 0) is 19.1 Å². The first-order valence-corrected chi connectivity index (χ1v) is 4.99. The number of nitrogen functional groups attached to an aromatic ring is 1. The fourth-order valence-electron chi connectivity index (χ4n) is 1.46. The summed E-state index contributed by atoms with van der Waals surface area (Å²) in [5, 5.41) is 4.23. The van der Waals surface area contributed by atoms with Crippen molar-refractivity contribution in [1.82, 2.24) is 14.8 Å². The lowest BCUT2D eigenvalue weighted by molar-refractivity contribution is 0.295. The van der Waals surface area contributed by atoms with Crippen molar-refractivity contribution in [2.75, 3.05) is 5.73 Å². The van der Waals surface area contributed by atoms with Crippen molar-refractivity contribution < 1.29 is 4.74 Å². The summed E-state index contributed by atoms with van der Waals surface area (Å²) in [6.45, 7) is 2.38. The summed E-state index contributed by atoms with van der Waals surface area (Å²) in [4.78, 5) is 4.06. The average molecular weight is 218 g/mol. The Balaban J connectivity index is 2.08. The van der Waals surface area contributed by atoms with E-state index in [-0.39, 0.29) is 0 Å². The molecule has 0 spiro atoms. The second kappa shape index (κ2) is 4.22. The van der Waals surface area contributed by atoms with Crippen LogP contribution in [-0.4, -0.2) is 14.8 Å². The van der Waals surface area contributed by atoms with Gasteiger partial charge >= 0.3 is 0 Å². The van der Waals surface area contributed by atoms with Crippen LogP contribution in [0.4, 0.5) is 5.69 Å². The number of rotatable bonds is 3. The predicted octanol–water partition coefficient (Wildman–Crippen LogP) is 1.28. The minimum absolute atomic E-state index is 0.431. The summed E-state index contributed by atoms with van der Waals surface area (Å²) >= 11 is 0. The molecule has 0 fully saturated rings. The lowest BCUT2D eigenvalue weighted by Crippen LogP contribution is -2.00. The maximum Gasteiger partial charge on any atom is 0.237 e. The van der Waals surface area contributed by atoms with Crippen LogP contribution in [0, 0.1) is 6.92 Å². The normalized spacial score (nSPS) is 10.4. The molecule has 0 saturated carbocycles. The van der Waals surface area contributed by atoms with Crippen LogP contribution in [0.5, 0.6) is 5.88 Å². The molecule has 5 heteroatoms. The molecule has 0 saturated heterocycles. The SMILES string of the molecule is Cc1nn(C)cc1COc1ncccc1N. The van der Waals surface area contributed by atoms with E-state index in [4.69, 9.17) is 10.5 Å². The highest BCUT2D eigenvalue weighted by molar-refractivity contribution is 5.46. The number of ether oxygens (including phenoxy) is 1. The van der Waals surface area contributed by atoms with Gasteiger partial charge in [0.15, 0.2) is 0 Å². The number of anilines is 1. The highest BCUT2D eigenvalue weighted by Crippen LogP contribution is 2.18. The maximum absolute atomic E-state index is 5.72. The smallest absolute Gasteiger partial charge is 0.237 e. The van der Waals surface area contributed by atoms with Gasteiger partial charge in [-0.25, -0.2) is 4.98 Å². The number of aromatic nitrogens is 3. The molecule has 0 aliphatic heterocycles. The van der Waals surface area contributed by atoms with Gasteiger partial charge in [-0.2, -0.15) is 5.10 Å². The zero-order chi connectivity index (χ0) is 11.5. The number of hydrogen-bond acceptors (Lipinski definition) is 4. The average Bonchev–Trinajstić information content (AvgIpc) is 2.56. The van der Waals surface area contributed by atoms with Crippen LogP contribution in [0.15, 0.2) is 24.5 Å². The van der Waals surface area contributed by atoms with Crippen molar-refractivity contribution in [1.29, 1.82) is 0 Å². The third-order valence-electron chi connectivity index (χ3n) is 2.28. The topological polar surface area (TPSA) is 66.0 Å². The summed E-state index contributed by atoms with van der Waals surface area (Å²) in [6.07, 6.45) is 3.58. The molecule has 2 N–H and O–H groups in total. The lowest BCUT2D eigenvalue weighted by Gasteiger charge is -2.05. The van der Waals surface area contributed by atoms with E-state index in [9.17, 15) is 0 Å². The Bertz CT molecular complexity index is 492. The number of nitrogens with two attached hydrogens (primary N) is 1. The molecule has 2 heterocycles. The highest BCUT2D eigenvalue weighted by atomic mass is 16.5. The van der Waals surface area contributed by atoms with Crippen molar-refractivity contribution in [2.45, 2.75) is 13.5 Å². The Morgan fingerprint density at radius 2 is 2.31 bits per heavy atom. The van der Waals surface area contributed by atoms with Crippen LogP contribution in [0.2, 0.25) is 0 Å². The van der Waals surface area contributed by atoms with Crippen LogP contribution >= 0.6 is 0 Å². The molecular weight excluding hydrogens is 204 g/mol. The lowest BCUT2D eigenvalue weighted by atomic mass is 10.3. The number of hydrogen-bond donors (Lipinski definition) is 1. The van der Waals surface area contributed by atoms with Gasteiger partial charge in [0.1, 0.15) is 6.61 Å². The van der Waals surface area contributed by atoms with Gasteiger partial charge in [-0.1, -0.05) is 0 Å². The molecular formula is C11H14N4O. The Morgan fingerprint density at radius 1 is 1.50 bits per heavy atom. The fourth-order valence-corrected chi connectivity index (χ4v) is 1.46. The number of nitrogens with zero attached hydrogens (tertiary/aromatic N) is 3. The Kier molecular flexibility index (Phi) is 2.76. The number of pyridine rings is 1. The van der Waals surface area contributed by atoms with E-state index >= 15 is 0 Å². The molecule has 5 nitrogen and oxygen atoms in total. The first-order chi connectivity index (χ1) is 7.66. The second-order valence-electron chi connectivity index (χ2n) is 3.60. The molecule has 0 atom stereocenters. The molecule has 84 valence electrons. The molecule has 0 bridgehead atoms. The van der Waals surface area contributed by atoms with Crippen molar-refractivity contribution in [3.8, 4) is 5.88 Å². The molecule has 0 unspecified atom stereocenters. The highest BCUT2D eigenvalue weighted by Gasteiger charge is 2.05. The predicted molar refractivity (Wildman–Crippen MR) is 60.9 cm³/mol. The first-order valence-electron chi connectivity index (χ1n) is 4.99. The minimum atomic E-state index is 0.431. The third kappa shape index (κ3) is 2.13. The molecule has 2 aromatic heterocycles. The first kappa shape index (κ1) is 10.5. The van der Waals surface area contributed by atoms with Crippen molar-refractivity contribution in [2.24, 2.45) is 7.05 Å². The van der Waals surface area contributed by atoms with Crippen LogP contribution < -0.4 is 10.5 Å². The van der Waals surface area contributed by atoms with E-state index in [1.54, 1.807) is 23.0 Å². The minimum Gasteiger partial charge on any atom is -0.471 e. The summed E-state index contributed by atoms with van der Waals surface area (Å²) in [5.41, 5.74) is 8.26. The monoisotopic (exact) mass is 218 g/mol. The van der Waals surface area contributed by atoms with E-state index in [1.165, 1.54) is 0 Å². The van der Waals surface area contributed by atoms with E-state index in [1.807, 2.05) is 20.2 Å². The third-order valence-corrected chi connectivity index (χ3v) is 2.28. The fraction of sp³-hybridized carbons (Fsp3) is 0.273. The van der Waals surface area contributed by atoms with E-state index in [0.29, 0.717) is 18.2 Å². The van der Waals surface area contributed by atoms with E-state index < -0.39 is 0 Å². The van der Waals surface area contributed by atoms with Gasteiger partial charge in [-0.3, -0.25) is 4.68 Å². The summed E-state index contributed by atoms with van der Waals surface area (Å²) < 4.78 is 7.29. The molecule has 0 amide bonds. The molecule has 0 aromatic carbocycles. The Labute approximate surface area is 93.9 Å². The van der Waals surface area contributed by atoms with E-state index in [2.05, 4.69) is 10.1 Å². The van der Waals surface area contributed by atoms with Crippen molar-refractivity contribution in [3.05, 3.63) is 35.8 Å². The van der Waals surface area contributed by atoms with Gasteiger partial charge in [0, 0.05) is 25.0 Å². The molecule has 0 aliphatic carbocycles. The van der Waals surface area contributed by atoms with Gasteiger partial charge in [-0.15, -0.1) is 0 Å².